The van der Waals surface area contributed by atoms with Gasteiger partial charge in [-0.3, -0.25) is 10.4 Å². The number of para-hydroxylation sites is 1. The second-order valence-electron chi connectivity index (χ2n) is 5.45. The molecule has 0 saturated carbocycles. The maximum Gasteiger partial charge on any atom is 0.419 e. The van der Waals surface area contributed by atoms with Gasteiger partial charge in [0.05, 0.1) is 11.2 Å². The fourth-order valence-corrected chi connectivity index (χ4v) is 2.70. The monoisotopic (exact) mass is 313 g/mol. The Labute approximate surface area is 135 Å². The highest BCUT2D eigenvalue weighted by atomic mass is 16.4. The summed E-state index contributed by atoms with van der Waals surface area (Å²) in [6.45, 7) is 6.18. The van der Waals surface area contributed by atoms with Gasteiger partial charge in [0.25, 0.3) is 0 Å². The van der Waals surface area contributed by atoms with Crippen LogP contribution in [0.1, 0.15) is 23.6 Å². The van der Waals surface area contributed by atoms with Gasteiger partial charge >= 0.3 is 5.76 Å². The summed E-state index contributed by atoms with van der Waals surface area (Å²) in [6, 6.07) is 11.7. The Morgan fingerprint density at radius 2 is 1.78 bits per heavy atom. The van der Waals surface area contributed by atoms with Crippen molar-refractivity contribution in [2.24, 2.45) is 12.9 Å². The summed E-state index contributed by atoms with van der Waals surface area (Å²) in [6.07, 6.45) is 1.02. The summed E-state index contributed by atoms with van der Waals surface area (Å²) in [4.78, 5) is 11.1. The first kappa shape index (κ1) is 16.8. The van der Waals surface area contributed by atoms with E-state index in [4.69, 9.17) is 10.3 Å². The quantitative estimate of drug-likeness (QED) is 0.562. The Bertz CT molecular complexity index is 862. The average molecular weight is 313 g/mol. The minimum Gasteiger partial charge on any atom is -0.408 e. The van der Waals surface area contributed by atoms with Crippen LogP contribution in [0.5, 0.6) is 0 Å². The van der Waals surface area contributed by atoms with Crippen LogP contribution in [0.2, 0.25) is 0 Å². The lowest BCUT2D eigenvalue weighted by molar-refractivity contribution is 0.528. The molecule has 0 unspecified atom stereocenters. The zero-order valence-electron chi connectivity index (χ0n) is 14.0. The third kappa shape index (κ3) is 3.46. The molecule has 1 heterocycles. The van der Waals surface area contributed by atoms with Gasteiger partial charge < -0.3 is 9.84 Å². The highest BCUT2D eigenvalue weighted by Crippen LogP contribution is 2.18. The number of aryl methyl sites for hydroxylation is 3. The third-order valence-corrected chi connectivity index (χ3v) is 3.93. The molecule has 23 heavy (non-hydrogen) atoms. The van der Waals surface area contributed by atoms with Crippen molar-refractivity contribution in [1.29, 1.82) is 0 Å². The van der Waals surface area contributed by atoms with Crippen LogP contribution in [-0.2, 0) is 13.5 Å². The maximum absolute atomic E-state index is 11.1. The number of nitrogens with two attached hydrogens (primary N) is 1. The van der Waals surface area contributed by atoms with Gasteiger partial charge in [-0.2, -0.15) is 0 Å². The van der Waals surface area contributed by atoms with E-state index in [-0.39, 0.29) is 5.76 Å². The molecule has 0 aliphatic carbocycles. The van der Waals surface area contributed by atoms with Gasteiger partial charge in [-0.1, -0.05) is 31.2 Å². The van der Waals surface area contributed by atoms with Gasteiger partial charge in [0.2, 0.25) is 0 Å². The van der Waals surface area contributed by atoms with E-state index in [0.29, 0.717) is 5.58 Å². The van der Waals surface area contributed by atoms with Crippen molar-refractivity contribution in [3.05, 3.63) is 63.6 Å². The molecule has 0 bridgehead atoms. The largest absolute Gasteiger partial charge is 0.419 e. The molecule has 2 aromatic carbocycles. The van der Waals surface area contributed by atoms with E-state index >= 15 is 0 Å². The van der Waals surface area contributed by atoms with Gasteiger partial charge in [-0.05, 0) is 49.1 Å². The van der Waals surface area contributed by atoms with Crippen molar-refractivity contribution in [2.75, 3.05) is 5.43 Å². The van der Waals surface area contributed by atoms with Crippen molar-refractivity contribution in [1.82, 2.24) is 4.57 Å². The first-order chi connectivity index (χ1) is 11.0. The number of nitrogen functional groups attached to an aromatic ring is 1. The van der Waals surface area contributed by atoms with Crippen molar-refractivity contribution in [3.63, 3.8) is 0 Å². The van der Waals surface area contributed by atoms with Crippen LogP contribution in [0.3, 0.4) is 0 Å². The van der Waals surface area contributed by atoms with Crippen LogP contribution in [-0.4, -0.2) is 4.57 Å². The molecule has 0 spiro atoms. The zero-order chi connectivity index (χ0) is 17.0. The molecular formula is C18H23N3O2. The lowest BCUT2D eigenvalue weighted by Gasteiger charge is -2.08. The molecule has 0 radical (unpaired) electrons. The van der Waals surface area contributed by atoms with Crippen LogP contribution in [0.15, 0.2) is 45.6 Å². The predicted octanol–water partition coefficient (Wildman–Crippen LogP) is 3.28. The number of nitrogens with zero attached hydrogens (tertiary/aromatic N) is 1. The van der Waals surface area contributed by atoms with Gasteiger partial charge in [-0.25, -0.2) is 4.79 Å². The van der Waals surface area contributed by atoms with Crippen LogP contribution >= 0.6 is 0 Å². The van der Waals surface area contributed by atoms with Crippen molar-refractivity contribution in [2.45, 2.75) is 27.2 Å². The lowest BCUT2D eigenvalue weighted by Crippen LogP contribution is -2.09. The number of aromatic nitrogens is 1. The third-order valence-electron chi connectivity index (χ3n) is 3.93. The first-order valence-electron chi connectivity index (χ1n) is 7.59. The number of hydrogen-bond acceptors (Lipinski definition) is 4. The number of rotatable bonds is 2. The van der Waals surface area contributed by atoms with Gasteiger partial charge in [0.1, 0.15) is 0 Å². The number of hydrogen-bond donors (Lipinski definition) is 2. The number of fused-ring (bicyclic) bond motifs is 1. The Hall–Kier alpha value is -2.53. The van der Waals surface area contributed by atoms with Crippen LogP contribution in [0.25, 0.3) is 11.1 Å². The second-order valence-corrected chi connectivity index (χ2v) is 5.45. The smallest absolute Gasteiger partial charge is 0.408 e. The Morgan fingerprint density at radius 1 is 1.13 bits per heavy atom. The fourth-order valence-electron chi connectivity index (χ4n) is 2.70. The Morgan fingerprint density at radius 3 is 2.35 bits per heavy atom. The topological polar surface area (TPSA) is 73.2 Å². The van der Waals surface area contributed by atoms with E-state index in [9.17, 15) is 4.79 Å². The highest BCUT2D eigenvalue weighted by molar-refractivity contribution is 5.76. The molecule has 122 valence electrons. The van der Waals surface area contributed by atoms with Gasteiger partial charge in [0, 0.05) is 7.05 Å². The molecule has 3 aromatic rings. The van der Waals surface area contributed by atoms with E-state index < -0.39 is 0 Å². The van der Waals surface area contributed by atoms with Crippen LogP contribution < -0.4 is 17.0 Å². The van der Waals surface area contributed by atoms with Crippen molar-refractivity contribution >= 4 is 16.8 Å². The number of hydrazine groups is 1. The van der Waals surface area contributed by atoms with Gasteiger partial charge in [-0.15, -0.1) is 0 Å². The summed E-state index contributed by atoms with van der Waals surface area (Å²) in [5.74, 6) is 5.04. The normalized spacial score (nSPS) is 10.3. The molecule has 5 heteroatoms. The molecule has 1 aromatic heterocycles. The van der Waals surface area contributed by atoms with E-state index in [1.165, 1.54) is 15.7 Å². The number of nitrogens with one attached hydrogen (secondary N) is 1. The predicted molar refractivity (Wildman–Crippen MR) is 94.6 cm³/mol. The fraction of sp³-hybridized carbons (Fsp3) is 0.278. The molecule has 5 nitrogen and oxygen atoms in total. The van der Waals surface area contributed by atoms with E-state index in [0.717, 1.165) is 23.2 Å². The van der Waals surface area contributed by atoms with Crippen molar-refractivity contribution in [3.8, 4) is 0 Å². The molecule has 0 aliphatic heterocycles. The molecule has 0 saturated heterocycles. The van der Waals surface area contributed by atoms with Gasteiger partial charge in [0.15, 0.2) is 5.58 Å². The van der Waals surface area contributed by atoms with Crippen LogP contribution in [0.4, 0.5) is 5.69 Å². The molecule has 0 atom stereocenters. The zero-order valence-corrected chi connectivity index (χ0v) is 14.0. The maximum atomic E-state index is 11.1. The molecule has 0 aliphatic rings. The number of oxazole rings is 1. The standard InChI is InChI=1S/C9H14N2.C9H9NO2/c1-3-8-7(2)5-4-6-9(8)11-10;1-6-4-3-5-7-8(6)10(2)9(11)12-7/h4-6,11H,3,10H2,1-2H3;3-5H,1-2H3. The molecule has 3 N–H and O–H groups in total. The summed E-state index contributed by atoms with van der Waals surface area (Å²) < 4.78 is 6.51. The molecule has 3 rings (SSSR count). The molecule has 0 amide bonds. The average Bonchev–Trinajstić information content (AvgIpc) is 2.83. The van der Waals surface area contributed by atoms with E-state index in [1.807, 2.05) is 31.2 Å². The summed E-state index contributed by atoms with van der Waals surface area (Å²) in [7, 11) is 1.71. The number of anilines is 1. The Kier molecular flexibility index (Phi) is 5.24. The minimum absolute atomic E-state index is 0.306. The van der Waals surface area contributed by atoms with Crippen molar-refractivity contribution < 1.29 is 4.42 Å². The SMILES string of the molecule is CCc1c(C)cccc1NN.Cc1cccc2oc(=O)n(C)c12. The van der Waals surface area contributed by atoms with E-state index in [2.05, 4.69) is 25.3 Å². The summed E-state index contributed by atoms with van der Waals surface area (Å²) in [5, 5.41) is 0. The molecule has 0 fully saturated rings. The van der Waals surface area contributed by atoms with Crippen LogP contribution in [0, 0.1) is 13.8 Å². The number of benzene rings is 2. The Balaban J connectivity index is 0.000000168. The summed E-state index contributed by atoms with van der Waals surface area (Å²) >= 11 is 0. The minimum atomic E-state index is -0.306. The second kappa shape index (κ2) is 7.15. The summed E-state index contributed by atoms with van der Waals surface area (Å²) in [5.41, 5.74) is 8.91. The molecular weight excluding hydrogens is 290 g/mol. The lowest BCUT2D eigenvalue weighted by atomic mass is 10.0. The van der Waals surface area contributed by atoms with E-state index in [1.54, 1.807) is 13.1 Å². The first-order valence-corrected chi connectivity index (χ1v) is 7.59. The highest BCUT2D eigenvalue weighted by Gasteiger charge is 2.06.